The second-order valence-corrected chi connectivity index (χ2v) is 4.47. The fourth-order valence-corrected chi connectivity index (χ4v) is 1.75. The minimum atomic E-state index is -1.08. The first-order valence-electron chi connectivity index (χ1n) is 6.56. The van der Waals surface area contributed by atoms with Crippen LogP contribution in [0.25, 0.3) is 6.08 Å². The van der Waals surface area contributed by atoms with Crippen molar-refractivity contribution in [3.63, 3.8) is 0 Å². The molecule has 0 aliphatic rings. The highest BCUT2D eigenvalue weighted by Crippen LogP contribution is 2.16. The molecule has 1 aromatic rings. The summed E-state index contributed by atoms with van der Waals surface area (Å²) in [5.41, 5.74) is 1.57. The van der Waals surface area contributed by atoms with Gasteiger partial charge in [0.2, 0.25) is 0 Å². The average Bonchev–Trinajstić information content (AvgIpc) is 2.46. The lowest BCUT2D eigenvalue weighted by Gasteiger charge is -2.04. The van der Waals surface area contributed by atoms with Gasteiger partial charge in [-0.25, -0.2) is 9.59 Å². The van der Waals surface area contributed by atoms with Crippen LogP contribution in [0.5, 0.6) is 0 Å². The van der Waals surface area contributed by atoms with Crippen molar-refractivity contribution in [1.82, 2.24) is 0 Å². The van der Waals surface area contributed by atoms with Gasteiger partial charge in [0.1, 0.15) is 0 Å². The third-order valence-electron chi connectivity index (χ3n) is 2.93. The summed E-state index contributed by atoms with van der Waals surface area (Å²) in [5, 5.41) is 18.2. The highest BCUT2D eigenvalue weighted by Gasteiger charge is 2.10. The van der Waals surface area contributed by atoms with Gasteiger partial charge in [-0.3, -0.25) is 0 Å². The highest BCUT2D eigenvalue weighted by atomic mass is 16.4. The van der Waals surface area contributed by atoms with E-state index in [1.54, 1.807) is 13.0 Å². The molecule has 1 rings (SSSR count). The Morgan fingerprint density at radius 1 is 1.10 bits per heavy atom. The highest BCUT2D eigenvalue weighted by molar-refractivity contribution is 5.94. The van der Waals surface area contributed by atoms with Crippen LogP contribution in [0.3, 0.4) is 0 Å². The molecule has 4 nitrogen and oxygen atoms in total. The molecule has 21 heavy (non-hydrogen) atoms. The summed E-state index contributed by atoms with van der Waals surface area (Å²) < 4.78 is 0. The van der Waals surface area contributed by atoms with Gasteiger partial charge in [0, 0.05) is 5.57 Å². The van der Waals surface area contributed by atoms with Crippen LogP contribution in [0, 0.1) is 0 Å². The Kier molecular flexibility index (Phi) is 6.14. The van der Waals surface area contributed by atoms with Gasteiger partial charge in [0.15, 0.2) is 0 Å². The van der Waals surface area contributed by atoms with Gasteiger partial charge < -0.3 is 10.2 Å². The van der Waals surface area contributed by atoms with Crippen LogP contribution >= 0.6 is 0 Å². The second kappa shape index (κ2) is 7.85. The Morgan fingerprint density at radius 3 is 2.19 bits per heavy atom. The molecule has 0 bridgehead atoms. The van der Waals surface area contributed by atoms with Gasteiger partial charge in [-0.05, 0) is 36.6 Å². The van der Waals surface area contributed by atoms with Crippen molar-refractivity contribution < 1.29 is 19.8 Å². The van der Waals surface area contributed by atoms with E-state index in [0.29, 0.717) is 12.0 Å². The molecule has 0 unspecified atom stereocenters. The zero-order valence-electron chi connectivity index (χ0n) is 12.0. The molecule has 0 aliphatic heterocycles. The van der Waals surface area contributed by atoms with E-state index in [4.69, 9.17) is 5.11 Å². The summed E-state index contributed by atoms with van der Waals surface area (Å²) in [5.74, 6) is -2.13. The SMILES string of the molecule is CCC(C=C(C)C(=O)O)=C(C=Cc1ccccc1)C(=O)O. The zero-order valence-corrected chi connectivity index (χ0v) is 12.0. The maximum Gasteiger partial charge on any atom is 0.335 e. The van der Waals surface area contributed by atoms with Crippen LogP contribution in [0.1, 0.15) is 25.8 Å². The van der Waals surface area contributed by atoms with Gasteiger partial charge >= 0.3 is 11.9 Å². The summed E-state index contributed by atoms with van der Waals surface area (Å²) in [4.78, 5) is 22.3. The van der Waals surface area contributed by atoms with E-state index in [1.807, 2.05) is 30.3 Å². The van der Waals surface area contributed by atoms with Crippen molar-refractivity contribution in [2.45, 2.75) is 20.3 Å². The van der Waals surface area contributed by atoms with Gasteiger partial charge in [-0.1, -0.05) is 43.3 Å². The number of carbonyl (C=O) groups is 2. The van der Waals surface area contributed by atoms with E-state index < -0.39 is 11.9 Å². The van der Waals surface area contributed by atoms with Crippen LogP contribution in [-0.4, -0.2) is 22.2 Å². The molecule has 0 saturated carbocycles. The van der Waals surface area contributed by atoms with Crippen LogP contribution in [0.2, 0.25) is 0 Å². The van der Waals surface area contributed by atoms with Gasteiger partial charge in [-0.15, -0.1) is 0 Å². The minimum absolute atomic E-state index is 0.0990. The number of hydrogen-bond acceptors (Lipinski definition) is 2. The molecule has 0 saturated heterocycles. The standard InChI is InChI=1S/C17H18O4/c1-3-14(11-12(2)16(18)19)15(17(20)21)10-9-13-7-5-4-6-8-13/h4-11H,3H2,1-2H3,(H,18,19)(H,20,21). The lowest BCUT2D eigenvalue weighted by atomic mass is 10.0. The molecular weight excluding hydrogens is 268 g/mol. The summed E-state index contributed by atoms with van der Waals surface area (Å²) in [6.45, 7) is 3.23. The molecule has 0 heterocycles. The third-order valence-corrected chi connectivity index (χ3v) is 2.93. The Balaban J connectivity index is 3.22. The number of aliphatic carboxylic acids is 2. The Hall–Kier alpha value is -2.62. The number of carboxylic acid groups (broad SMARTS) is 2. The average molecular weight is 286 g/mol. The predicted octanol–water partition coefficient (Wildman–Crippen LogP) is 3.52. The van der Waals surface area contributed by atoms with Crippen molar-refractivity contribution >= 4 is 18.0 Å². The van der Waals surface area contributed by atoms with E-state index in [1.165, 1.54) is 19.1 Å². The second-order valence-electron chi connectivity index (χ2n) is 4.47. The van der Waals surface area contributed by atoms with Crippen molar-refractivity contribution in [2.75, 3.05) is 0 Å². The van der Waals surface area contributed by atoms with Crippen molar-refractivity contribution in [3.05, 3.63) is 64.8 Å². The molecule has 0 fully saturated rings. The van der Waals surface area contributed by atoms with Crippen molar-refractivity contribution in [2.24, 2.45) is 0 Å². The van der Waals surface area contributed by atoms with Crippen LogP contribution in [0.15, 0.2) is 59.2 Å². The fourth-order valence-electron chi connectivity index (χ4n) is 1.75. The smallest absolute Gasteiger partial charge is 0.335 e. The first-order chi connectivity index (χ1) is 9.95. The number of hydrogen-bond donors (Lipinski definition) is 2. The molecule has 0 spiro atoms. The molecule has 4 heteroatoms. The summed E-state index contributed by atoms with van der Waals surface area (Å²) in [6, 6.07) is 9.32. The summed E-state index contributed by atoms with van der Waals surface area (Å²) in [7, 11) is 0. The maximum absolute atomic E-state index is 11.4. The Bertz CT molecular complexity index is 607. The molecule has 0 radical (unpaired) electrons. The van der Waals surface area contributed by atoms with Gasteiger partial charge in [0.25, 0.3) is 0 Å². The topological polar surface area (TPSA) is 74.6 Å². The predicted molar refractivity (Wildman–Crippen MR) is 81.8 cm³/mol. The number of rotatable bonds is 6. The maximum atomic E-state index is 11.4. The number of carboxylic acids is 2. The molecule has 0 atom stereocenters. The summed E-state index contributed by atoms with van der Waals surface area (Å²) in [6.07, 6.45) is 5.04. The van der Waals surface area contributed by atoms with E-state index in [2.05, 4.69) is 0 Å². The monoisotopic (exact) mass is 286 g/mol. The van der Waals surface area contributed by atoms with Crippen molar-refractivity contribution in [1.29, 1.82) is 0 Å². The quantitative estimate of drug-likeness (QED) is 0.619. The fraction of sp³-hybridized carbons (Fsp3) is 0.176. The Morgan fingerprint density at radius 2 is 1.71 bits per heavy atom. The van der Waals surface area contributed by atoms with Gasteiger partial charge in [-0.2, -0.15) is 0 Å². The van der Waals surface area contributed by atoms with Gasteiger partial charge in [0.05, 0.1) is 5.57 Å². The first kappa shape index (κ1) is 16.4. The molecule has 110 valence electrons. The van der Waals surface area contributed by atoms with Crippen LogP contribution < -0.4 is 0 Å². The van der Waals surface area contributed by atoms with E-state index in [0.717, 1.165) is 5.56 Å². The molecule has 0 aromatic heterocycles. The Labute approximate surface area is 123 Å². The van der Waals surface area contributed by atoms with E-state index in [9.17, 15) is 14.7 Å². The third kappa shape index (κ3) is 5.10. The first-order valence-corrected chi connectivity index (χ1v) is 6.56. The lowest BCUT2D eigenvalue weighted by molar-refractivity contribution is -0.133. The molecular formula is C17H18O4. The minimum Gasteiger partial charge on any atom is -0.478 e. The van der Waals surface area contributed by atoms with Crippen molar-refractivity contribution in [3.8, 4) is 0 Å². The molecule has 0 amide bonds. The number of benzene rings is 1. The van der Waals surface area contributed by atoms with Crippen LogP contribution in [0.4, 0.5) is 0 Å². The largest absolute Gasteiger partial charge is 0.478 e. The lowest BCUT2D eigenvalue weighted by Crippen LogP contribution is -2.03. The number of allylic oxidation sites excluding steroid dienone is 2. The van der Waals surface area contributed by atoms with Crippen LogP contribution in [-0.2, 0) is 9.59 Å². The zero-order chi connectivity index (χ0) is 15.8. The normalized spacial score (nSPS) is 13.1. The molecule has 0 aliphatic carbocycles. The van der Waals surface area contributed by atoms with E-state index >= 15 is 0 Å². The molecule has 2 N–H and O–H groups in total. The molecule has 1 aromatic carbocycles. The summed E-state index contributed by atoms with van der Waals surface area (Å²) >= 11 is 0. The van der Waals surface area contributed by atoms with E-state index in [-0.39, 0.29) is 11.1 Å².